The van der Waals surface area contributed by atoms with Crippen LogP contribution < -0.4 is 5.32 Å². The van der Waals surface area contributed by atoms with E-state index in [0.29, 0.717) is 6.04 Å². The standard InChI is InChI=1S/C13H17N/c1-4-8-12-9-6-7-10-13(12)14-11(3)5-2/h4-11,14H,2H2,1,3H3/b8-4+/t11-/m0/s1. The van der Waals surface area contributed by atoms with Gasteiger partial charge in [0.15, 0.2) is 0 Å². The van der Waals surface area contributed by atoms with Crippen LogP contribution in [0.25, 0.3) is 6.08 Å². The molecule has 0 unspecified atom stereocenters. The van der Waals surface area contributed by atoms with E-state index in [1.54, 1.807) is 0 Å². The van der Waals surface area contributed by atoms with Crippen LogP contribution in [0, 0.1) is 0 Å². The van der Waals surface area contributed by atoms with E-state index in [0.717, 1.165) is 5.69 Å². The van der Waals surface area contributed by atoms with Crippen molar-refractivity contribution in [2.45, 2.75) is 19.9 Å². The molecule has 0 aliphatic heterocycles. The SMILES string of the molecule is C=C[C@H](C)Nc1ccccc1/C=C/C. The average molecular weight is 187 g/mol. The second kappa shape index (κ2) is 5.28. The smallest absolute Gasteiger partial charge is 0.0418 e. The van der Waals surface area contributed by atoms with Gasteiger partial charge in [-0.15, -0.1) is 6.58 Å². The Labute approximate surface area is 86.2 Å². The summed E-state index contributed by atoms with van der Waals surface area (Å²) >= 11 is 0. The number of anilines is 1. The number of benzene rings is 1. The molecule has 1 N–H and O–H groups in total. The number of hydrogen-bond acceptors (Lipinski definition) is 1. The number of nitrogens with one attached hydrogen (secondary N) is 1. The van der Waals surface area contributed by atoms with Gasteiger partial charge in [-0.05, 0) is 25.5 Å². The molecule has 0 radical (unpaired) electrons. The molecule has 1 nitrogen and oxygen atoms in total. The van der Waals surface area contributed by atoms with Gasteiger partial charge >= 0.3 is 0 Å². The van der Waals surface area contributed by atoms with Gasteiger partial charge in [0.05, 0.1) is 0 Å². The third kappa shape index (κ3) is 2.77. The molecule has 1 atom stereocenters. The Kier molecular flexibility index (Phi) is 3.99. The first-order valence-electron chi connectivity index (χ1n) is 4.88. The van der Waals surface area contributed by atoms with Gasteiger partial charge in [0.1, 0.15) is 0 Å². The Balaban J connectivity index is 2.89. The van der Waals surface area contributed by atoms with Gasteiger partial charge in [0.25, 0.3) is 0 Å². The van der Waals surface area contributed by atoms with Crippen LogP contribution in [0.4, 0.5) is 5.69 Å². The van der Waals surface area contributed by atoms with E-state index in [1.807, 2.05) is 31.2 Å². The van der Waals surface area contributed by atoms with Crippen molar-refractivity contribution in [1.82, 2.24) is 0 Å². The molecule has 1 rings (SSSR count). The lowest BCUT2D eigenvalue weighted by atomic mass is 10.1. The van der Waals surface area contributed by atoms with E-state index in [2.05, 4.69) is 37.0 Å². The maximum Gasteiger partial charge on any atom is 0.0418 e. The van der Waals surface area contributed by atoms with Crippen LogP contribution in [0.3, 0.4) is 0 Å². The van der Waals surface area contributed by atoms with Crippen LogP contribution in [-0.4, -0.2) is 6.04 Å². The molecule has 0 aliphatic rings. The summed E-state index contributed by atoms with van der Waals surface area (Å²) in [5, 5.41) is 3.38. The zero-order valence-corrected chi connectivity index (χ0v) is 8.83. The molecule has 0 fully saturated rings. The van der Waals surface area contributed by atoms with Crippen LogP contribution in [-0.2, 0) is 0 Å². The lowest BCUT2D eigenvalue weighted by molar-refractivity contribution is 1.00. The summed E-state index contributed by atoms with van der Waals surface area (Å²) in [5.74, 6) is 0. The van der Waals surface area contributed by atoms with Gasteiger partial charge in [-0.3, -0.25) is 0 Å². The fraction of sp³-hybridized carbons (Fsp3) is 0.231. The Morgan fingerprint density at radius 3 is 2.71 bits per heavy atom. The highest BCUT2D eigenvalue weighted by Gasteiger charge is 1.99. The maximum atomic E-state index is 3.75. The molecule has 0 bridgehead atoms. The molecule has 0 aliphatic carbocycles. The highest BCUT2D eigenvalue weighted by Crippen LogP contribution is 2.17. The third-order valence-electron chi connectivity index (χ3n) is 2.04. The molecule has 0 spiro atoms. The normalized spacial score (nSPS) is 12.7. The molecule has 0 saturated heterocycles. The second-order valence-corrected chi connectivity index (χ2v) is 3.26. The van der Waals surface area contributed by atoms with Crippen molar-refractivity contribution in [2.75, 3.05) is 5.32 Å². The molecule has 0 saturated carbocycles. The zero-order valence-electron chi connectivity index (χ0n) is 8.83. The lowest BCUT2D eigenvalue weighted by Gasteiger charge is -2.13. The topological polar surface area (TPSA) is 12.0 Å². The van der Waals surface area contributed by atoms with Crippen molar-refractivity contribution in [3.05, 3.63) is 48.6 Å². The quantitative estimate of drug-likeness (QED) is 0.708. The first kappa shape index (κ1) is 10.6. The van der Waals surface area contributed by atoms with Crippen molar-refractivity contribution < 1.29 is 0 Å². The van der Waals surface area contributed by atoms with Gasteiger partial charge in [0, 0.05) is 11.7 Å². The van der Waals surface area contributed by atoms with Crippen molar-refractivity contribution in [3.63, 3.8) is 0 Å². The predicted molar refractivity (Wildman–Crippen MR) is 64.4 cm³/mol. The fourth-order valence-corrected chi connectivity index (χ4v) is 1.26. The molecular formula is C13H17N. The first-order chi connectivity index (χ1) is 6.77. The van der Waals surface area contributed by atoms with Gasteiger partial charge < -0.3 is 5.32 Å². The average Bonchev–Trinajstić information content (AvgIpc) is 2.21. The van der Waals surface area contributed by atoms with E-state index in [-0.39, 0.29) is 0 Å². The molecule has 0 aromatic heterocycles. The van der Waals surface area contributed by atoms with Gasteiger partial charge in [0.2, 0.25) is 0 Å². The Bertz CT molecular complexity index is 326. The van der Waals surface area contributed by atoms with Crippen LogP contribution in [0.1, 0.15) is 19.4 Å². The fourth-order valence-electron chi connectivity index (χ4n) is 1.26. The van der Waals surface area contributed by atoms with Crippen molar-refractivity contribution in [1.29, 1.82) is 0 Å². The number of rotatable bonds is 4. The summed E-state index contributed by atoms with van der Waals surface area (Å²) in [6.45, 7) is 7.86. The summed E-state index contributed by atoms with van der Waals surface area (Å²) in [7, 11) is 0. The summed E-state index contributed by atoms with van der Waals surface area (Å²) < 4.78 is 0. The highest BCUT2D eigenvalue weighted by atomic mass is 14.9. The monoisotopic (exact) mass is 187 g/mol. The summed E-state index contributed by atoms with van der Waals surface area (Å²) in [4.78, 5) is 0. The Morgan fingerprint density at radius 1 is 1.36 bits per heavy atom. The van der Waals surface area contributed by atoms with Gasteiger partial charge in [-0.1, -0.05) is 36.4 Å². The molecule has 14 heavy (non-hydrogen) atoms. The summed E-state index contributed by atoms with van der Waals surface area (Å²) in [6, 6.07) is 8.54. The molecular weight excluding hydrogens is 170 g/mol. The van der Waals surface area contributed by atoms with Crippen LogP contribution in [0.2, 0.25) is 0 Å². The minimum absolute atomic E-state index is 0.293. The van der Waals surface area contributed by atoms with Gasteiger partial charge in [-0.25, -0.2) is 0 Å². The molecule has 1 heteroatoms. The Morgan fingerprint density at radius 2 is 2.07 bits per heavy atom. The third-order valence-corrected chi connectivity index (χ3v) is 2.04. The predicted octanol–water partition coefficient (Wildman–Crippen LogP) is 3.71. The highest BCUT2D eigenvalue weighted by molar-refractivity contribution is 5.66. The van der Waals surface area contributed by atoms with Crippen molar-refractivity contribution in [2.24, 2.45) is 0 Å². The van der Waals surface area contributed by atoms with Crippen LogP contribution in [0.5, 0.6) is 0 Å². The first-order valence-corrected chi connectivity index (χ1v) is 4.88. The molecule has 1 aromatic carbocycles. The molecule has 1 aromatic rings. The number of hydrogen-bond donors (Lipinski definition) is 1. The summed E-state index contributed by atoms with van der Waals surface area (Å²) in [5.41, 5.74) is 2.36. The van der Waals surface area contributed by atoms with E-state index >= 15 is 0 Å². The van der Waals surface area contributed by atoms with E-state index in [1.165, 1.54) is 5.56 Å². The second-order valence-electron chi connectivity index (χ2n) is 3.26. The van der Waals surface area contributed by atoms with E-state index < -0.39 is 0 Å². The minimum atomic E-state index is 0.293. The van der Waals surface area contributed by atoms with Crippen molar-refractivity contribution in [3.8, 4) is 0 Å². The molecule has 74 valence electrons. The summed E-state index contributed by atoms with van der Waals surface area (Å²) in [6.07, 6.45) is 6.03. The lowest BCUT2D eigenvalue weighted by Crippen LogP contribution is -2.11. The maximum absolute atomic E-state index is 3.75. The van der Waals surface area contributed by atoms with Gasteiger partial charge in [-0.2, -0.15) is 0 Å². The van der Waals surface area contributed by atoms with Crippen LogP contribution in [0.15, 0.2) is 43.0 Å². The van der Waals surface area contributed by atoms with E-state index in [4.69, 9.17) is 0 Å². The Hall–Kier alpha value is -1.50. The van der Waals surface area contributed by atoms with Crippen molar-refractivity contribution >= 4 is 11.8 Å². The number of allylic oxidation sites excluding steroid dienone is 1. The van der Waals surface area contributed by atoms with E-state index in [9.17, 15) is 0 Å². The minimum Gasteiger partial charge on any atom is -0.379 e. The largest absolute Gasteiger partial charge is 0.379 e. The molecule has 0 amide bonds. The number of para-hydroxylation sites is 1. The molecule has 0 heterocycles. The van der Waals surface area contributed by atoms with Crippen LogP contribution >= 0.6 is 0 Å². The zero-order chi connectivity index (χ0) is 10.4.